The number of hydrogen-bond acceptors (Lipinski definition) is 3. The summed E-state index contributed by atoms with van der Waals surface area (Å²) in [4.78, 5) is 35.9. The summed E-state index contributed by atoms with van der Waals surface area (Å²) in [5.41, 5.74) is 0. The van der Waals surface area contributed by atoms with Gasteiger partial charge in [0.25, 0.3) is 0 Å². The molecule has 1 aromatic carbocycles. The first kappa shape index (κ1) is 18.1. The Morgan fingerprint density at radius 3 is 1.72 bits per heavy atom. The SMILES string of the molecule is O.O=P(O)(O)C(Sc1ccc(Cl)cc1)P(=O)(O)O. The minimum atomic E-state index is -4.91. The van der Waals surface area contributed by atoms with Crippen molar-refractivity contribution in [2.75, 3.05) is 0 Å². The van der Waals surface area contributed by atoms with E-state index in [1.165, 1.54) is 24.3 Å². The third-order valence-electron chi connectivity index (χ3n) is 1.63. The monoisotopic (exact) mass is 336 g/mol. The van der Waals surface area contributed by atoms with E-state index in [0.29, 0.717) is 21.7 Å². The molecule has 7 nitrogen and oxygen atoms in total. The van der Waals surface area contributed by atoms with Gasteiger partial charge in [-0.1, -0.05) is 23.4 Å². The summed E-state index contributed by atoms with van der Waals surface area (Å²) in [6.45, 7) is 0. The van der Waals surface area contributed by atoms with Crippen molar-refractivity contribution >= 4 is 38.6 Å². The smallest absolute Gasteiger partial charge is 0.351 e. The van der Waals surface area contributed by atoms with Crippen molar-refractivity contribution in [3.8, 4) is 0 Å². The summed E-state index contributed by atoms with van der Waals surface area (Å²) < 4.78 is 19.9. The fourth-order valence-corrected chi connectivity index (χ4v) is 5.03. The molecule has 1 aromatic rings. The van der Waals surface area contributed by atoms with Crippen LogP contribution in [0.5, 0.6) is 0 Å². The highest BCUT2D eigenvalue weighted by atomic mass is 35.5. The van der Waals surface area contributed by atoms with E-state index in [0.717, 1.165) is 0 Å². The van der Waals surface area contributed by atoms with Gasteiger partial charge in [0.15, 0.2) is 0 Å². The number of thioether (sulfide) groups is 1. The fourth-order valence-electron chi connectivity index (χ4n) is 0.968. The Morgan fingerprint density at radius 2 is 1.39 bits per heavy atom. The molecule has 18 heavy (non-hydrogen) atoms. The molecule has 0 aliphatic heterocycles. The summed E-state index contributed by atoms with van der Waals surface area (Å²) in [6.07, 6.45) is 0. The first-order chi connectivity index (χ1) is 7.60. The second kappa shape index (κ2) is 6.52. The molecule has 0 aliphatic rings. The summed E-state index contributed by atoms with van der Waals surface area (Å²) in [6, 6.07) is 5.76. The molecule has 0 unspecified atom stereocenters. The van der Waals surface area contributed by atoms with Gasteiger partial charge in [0.1, 0.15) is 0 Å². The van der Waals surface area contributed by atoms with Gasteiger partial charge in [0.05, 0.1) is 0 Å². The van der Waals surface area contributed by atoms with Crippen molar-refractivity contribution < 1.29 is 34.2 Å². The lowest BCUT2D eigenvalue weighted by Gasteiger charge is -2.18. The molecule has 0 saturated carbocycles. The van der Waals surface area contributed by atoms with Gasteiger partial charge in [-0.2, -0.15) is 0 Å². The highest BCUT2D eigenvalue weighted by Crippen LogP contribution is 2.65. The molecular weight excluding hydrogens is 326 g/mol. The average molecular weight is 337 g/mol. The van der Waals surface area contributed by atoms with Crippen LogP contribution in [-0.4, -0.2) is 29.8 Å². The Balaban J connectivity index is 0.00000289. The molecule has 0 atom stereocenters. The average Bonchev–Trinajstić information content (AvgIpc) is 2.13. The second-order valence-electron chi connectivity index (χ2n) is 3.08. The lowest BCUT2D eigenvalue weighted by atomic mass is 10.4. The maximum absolute atomic E-state index is 11.0. The molecule has 11 heteroatoms. The predicted octanol–water partition coefficient (Wildman–Crippen LogP) is 1.25. The maximum atomic E-state index is 11.0. The molecule has 0 radical (unpaired) electrons. The van der Waals surface area contributed by atoms with Crippen molar-refractivity contribution in [1.29, 1.82) is 0 Å². The van der Waals surface area contributed by atoms with Crippen LogP contribution >= 0.6 is 38.6 Å². The molecule has 0 aromatic heterocycles. The van der Waals surface area contributed by atoms with Crippen LogP contribution in [0.2, 0.25) is 5.02 Å². The number of hydrogen-bond donors (Lipinski definition) is 4. The molecule has 0 heterocycles. The van der Waals surface area contributed by atoms with Gasteiger partial charge in [-0.3, -0.25) is 9.13 Å². The van der Waals surface area contributed by atoms with Crippen LogP contribution in [0.1, 0.15) is 0 Å². The van der Waals surface area contributed by atoms with E-state index in [2.05, 4.69) is 0 Å². The van der Waals surface area contributed by atoms with Crippen LogP contribution in [0.3, 0.4) is 0 Å². The van der Waals surface area contributed by atoms with E-state index in [1.54, 1.807) is 0 Å². The number of benzene rings is 1. The van der Waals surface area contributed by atoms with Crippen LogP contribution in [0.25, 0.3) is 0 Å². The van der Waals surface area contributed by atoms with E-state index in [-0.39, 0.29) is 5.48 Å². The largest absolute Gasteiger partial charge is 0.412 e. The Labute approximate surface area is 112 Å². The predicted molar refractivity (Wildman–Crippen MR) is 68.8 cm³/mol. The van der Waals surface area contributed by atoms with Crippen LogP contribution in [0, 0.1) is 0 Å². The van der Waals surface area contributed by atoms with Crippen molar-refractivity contribution in [2.24, 2.45) is 0 Å². The lowest BCUT2D eigenvalue weighted by Crippen LogP contribution is -2.04. The molecule has 0 saturated heterocycles. The van der Waals surface area contributed by atoms with Crippen LogP contribution < -0.4 is 0 Å². The maximum Gasteiger partial charge on any atom is 0.351 e. The molecule has 6 N–H and O–H groups in total. The molecule has 1 rings (SSSR count). The number of halogens is 1. The minimum Gasteiger partial charge on any atom is -0.412 e. The molecule has 0 fully saturated rings. The molecule has 104 valence electrons. The van der Waals surface area contributed by atoms with Crippen LogP contribution in [-0.2, 0) is 9.13 Å². The molecule has 0 amide bonds. The zero-order valence-corrected chi connectivity index (χ0v) is 12.0. The van der Waals surface area contributed by atoms with E-state index in [1.807, 2.05) is 0 Å². The molecule has 0 bridgehead atoms. The van der Waals surface area contributed by atoms with Gasteiger partial charge in [0, 0.05) is 9.92 Å². The van der Waals surface area contributed by atoms with Crippen molar-refractivity contribution in [2.45, 2.75) is 9.63 Å². The lowest BCUT2D eigenvalue weighted by molar-refractivity contribution is 0.352. The Kier molecular flexibility index (Phi) is 6.56. The Hall–Kier alpha value is 0.120. The van der Waals surface area contributed by atoms with Gasteiger partial charge < -0.3 is 25.0 Å². The van der Waals surface area contributed by atoms with E-state index < -0.39 is 19.9 Å². The third kappa shape index (κ3) is 5.40. The van der Waals surface area contributed by atoms with E-state index in [9.17, 15) is 9.13 Å². The summed E-state index contributed by atoms with van der Waals surface area (Å²) in [5, 5.41) is 0.415. The number of rotatable bonds is 4. The van der Waals surface area contributed by atoms with Gasteiger partial charge in [-0.05, 0) is 24.3 Å². The minimum absolute atomic E-state index is 0. The standard InChI is InChI=1S/C7H9ClO6P2S.H2O/c8-5-1-3-6(4-2-5)17-7(15(9,10)11)16(12,13)14;/h1-4,7H,(H2,9,10,11)(H2,12,13,14);1H2. The second-order valence-corrected chi connectivity index (χ2v) is 9.19. The Morgan fingerprint density at radius 1 is 1.00 bits per heavy atom. The fraction of sp³-hybridized carbons (Fsp3) is 0.143. The Bertz CT molecular complexity index is 459. The summed E-state index contributed by atoms with van der Waals surface area (Å²) in [5.74, 6) is 0. The van der Waals surface area contributed by atoms with Gasteiger partial charge >= 0.3 is 15.2 Å². The first-order valence-electron chi connectivity index (χ1n) is 4.13. The van der Waals surface area contributed by atoms with E-state index in [4.69, 9.17) is 31.2 Å². The third-order valence-corrected chi connectivity index (χ3v) is 7.87. The highest BCUT2D eigenvalue weighted by molar-refractivity contribution is 8.12. The molecular formula is C7H11ClO7P2S. The normalized spacial score (nSPS) is 12.3. The van der Waals surface area contributed by atoms with Crippen molar-refractivity contribution in [1.82, 2.24) is 0 Å². The zero-order valence-electron chi connectivity index (χ0n) is 8.67. The summed E-state index contributed by atoms with van der Waals surface area (Å²) >= 11 is 6.04. The highest BCUT2D eigenvalue weighted by Gasteiger charge is 2.44. The van der Waals surface area contributed by atoms with Crippen LogP contribution in [0.4, 0.5) is 0 Å². The first-order valence-corrected chi connectivity index (χ1v) is 8.75. The summed E-state index contributed by atoms with van der Waals surface area (Å²) in [7, 11) is -9.82. The van der Waals surface area contributed by atoms with Crippen LogP contribution in [0.15, 0.2) is 29.2 Å². The molecule has 0 aliphatic carbocycles. The zero-order chi connectivity index (χ0) is 13.3. The van der Waals surface area contributed by atoms with Crippen molar-refractivity contribution in [3.05, 3.63) is 29.3 Å². The van der Waals surface area contributed by atoms with Crippen molar-refractivity contribution in [3.63, 3.8) is 0 Å². The van der Waals surface area contributed by atoms with Gasteiger partial charge in [0.2, 0.25) is 4.73 Å². The van der Waals surface area contributed by atoms with Gasteiger partial charge in [-0.15, -0.1) is 0 Å². The van der Waals surface area contributed by atoms with E-state index >= 15 is 0 Å². The molecule has 0 spiro atoms. The quantitative estimate of drug-likeness (QED) is 0.477. The topological polar surface area (TPSA) is 147 Å². The van der Waals surface area contributed by atoms with Gasteiger partial charge in [-0.25, -0.2) is 0 Å².